The van der Waals surface area contributed by atoms with E-state index in [0.29, 0.717) is 19.3 Å². The molecule has 0 aliphatic carbocycles. The molecule has 0 rings (SSSR count). The highest BCUT2D eigenvalue weighted by Gasteiger charge is 2.12. The van der Waals surface area contributed by atoms with Crippen LogP contribution in [0.25, 0.3) is 0 Å². The van der Waals surface area contributed by atoms with Crippen molar-refractivity contribution in [3.05, 3.63) is 24.3 Å². The van der Waals surface area contributed by atoms with E-state index in [-0.39, 0.29) is 30.9 Å². The predicted octanol–water partition coefficient (Wildman–Crippen LogP) is 8.59. The smallest absolute Gasteiger partial charge is 0.305 e. The lowest BCUT2D eigenvalue weighted by Crippen LogP contribution is -2.25. The fraction of sp³-hybridized carbons (Fsp3) is 0.794. The number of unbranched alkanes of at least 4 members (excludes halogenated alkanes) is 13. The van der Waals surface area contributed by atoms with Gasteiger partial charge in [0.05, 0.1) is 0 Å². The third-order valence-corrected chi connectivity index (χ3v) is 6.84. The third kappa shape index (κ3) is 29.0. The van der Waals surface area contributed by atoms with E-state index in [2.05, 4.69) is 26.8 Å². The maximum absolute atomic E-state index is 11.9. The lowest BCUT2D eigenvalue weighted by atomic mass is 10.0. The van der Waals surface area contributed by atoms with E-state index < -0.39 is 6.10 Å². The van der Waals surface area contributed by atoms with Crippen LogP contribution in [0.5, 0.6) is 0 Å². The molecule has 0 saturated carbocycles. The zero-order valence-electron chi connectivity index (χ0n) is 26.0. The van der Waals surface area contributed by atoms with Gasteiger partial charge < -0.3 is 14.6 Å². The third-order valence-electron chi connectivity index (χ3n) is 6.84. The molecule has 232 valence electrons. The van der Waals surface area contributed by atoms with Gasteiger partial charge in [0.1, 0.15) is 19.3 Å². The van der Waals surface area contributed by atoms with Crippen molar-refractivity contribution in [2.45, 2.75) is 155 Å². The van der Waals surface area contributed by atoms with Crippen LogP contribution in [0.2, 0.25) is 0 Å². The number of allylic oxidation sites excluding steroid dienone is 4. The Morgan fingerprint density at radius 2 is 1.15 bits per heavy atom. The number of hydrogen-bond acceptors (Lipinski definition) is 6. The summed E-state index contributed by atoms with van der Waals surface area (Å²) in [7, 11) is 0. The zero-order valence-corrected chi connectivity index (χ0v) is 26.0. The molecule has 1 N–H and O–H groups in total. The molecular weight excluding hydrogens is 504 g/mol. The average molecular weight is 565 g/mol. The van der Waals surface area contributed by atoms with E-state index >= 15 is 0 Å². The first-order valence-corrected chi connectivity index (χ1v) is 16.2. The number of esters is 2. The van der Waals surface area contributed by atoms with Gasteiger partial charge in [0, 0.05) is 19.3 Å². The van der Waals surface area contributed by atoms with E-state index in [1.54, 1.807) is 6.08 Å². The molecule has 0 aromatic rings. The highest BCUT2D eigenvalue weighted by molar-refractivity contribution is 5.89. The van der Waals surface area contributed by atoms with Gasteiger partial charge >= 0.3 is 11.9 Å². The fourth-order valence-corrected chi connectivity index (χ4v) is 4.31. The van der Waals surface area contributed by atoms with Crippen LogP contribution in [-0.2, 0) is 23.9 Å². The number of rotatable bonds is 28. The first-order valence-electron chi connectivity index (χ1n) is 16.2. The van der Waals surface area contributed by atoms with Crippen molar-refractivity contribution in [1.82, 2.24) is 0 Å². The molecule has 0 radical (unpaired) electrons. The summed E-state index contributed by atoms with van der Waals surface area (Å²) in [5.74, 6) is 0.282. The summed E-state index contributed by atoms with van der Waals surface area (Å²) in [6, 6.07) is 0. The van der Waals surface area contributed by atoms with Gasteiger partial charge in [0.15, 0.2) is 5.78 Å². The van der Waals surface area contributed by atoms with Crippen LogP contribution in [0, 0.1) is 5.92 Å². The minimum Gasteiger partial charge on any atom is -0.463 e. The maximum Gasteiger partial charge on any atom is 0.305 e. The molecule has 0 heterocycles. The second kappa shape index (κ2) is 28.6. The SMILES string of the molecule is CCCCC/C=C\C=C\C(=O)CCCCCCCC(=O)OC[C@@H](O)COC(=O)CCCCCCCCCC(C)C. The van der Waals surface area contributed by atoms with Gasteiger partial charge in [-0.3, -0.25) is 14.4 Å². The highest BCUT2D eigenvalue weighted by atomic mass is 16.6. The summed E-state index contributed by atoms with van der Waals surface area (Å²) >= 11 is 0. The molecule has 0 spiro atoms. The molecule has 0 aromatic heterocycles. The quantitative estimate of drug-likeness (QED) is 0.0443. The Balaban J connectivity index is 3.57. The molecule has 0 amide bonds. The Labute approximate surface area is 245 Å². The first-order chi connectivity index (χ1) is 19.3. The molecule has 0 fully saturated rings. The van der Waals surface area contributed by atoms with Crippen LogP contribution < -0.4 is 0 Å². The lowest BCUT2D eigenvalue weighted by molar-refractivity contribution is -0.152. The molecule has 0 aromatic carbocycles. The monoisotopic (exact) mass is 564 g/mol. The summed E-state index contributed by atoms with van der Waals surface area (Å²) in [6.45, 7) is 6.40. The minimum absolute atomic E-state index is 0.148. The fourth-order valence-electron chi connectivity index (χ4n) is 4.31. The molecule has 1 atom stereocenters. The molecule has 0 aliphatic heterocycles. The average Bonchev–Trinajstić information content (AvgIpc) is 2.92. The highest BCUT2D eigenvalue weighted by Crippen LogP contribution is 2.13. The van der Waals surface area contributed by atoms with Crippen molar-refractivity contribution in [3.8, 4) is 0 Å². The summed E-state index contributed by atoms with van der Waals surface area (Å²) in [4.78, 5) is 35.6. The van der Waals surface area contributed by atoms with E-state index in [1.807, 2.05) is 12.2 Å². The topological polar surface area (TPSA) is 89.9 Å². The van der Waals surface area contributed by atoms with Crippen molar-refractivity contribution in [2.24, 2.45) is 5.92 Å². The van der Waals surface area contributed by atoms with Crippen LogP contribution in [-0.4, -0.2) is 42.1 Å². The molecule has 6 nitrogen and oxygen atoms in total. The van der Waals surface area contributed by atoms with E-state index in [1.165, 1.54) is 51.4 Å². The lowest BCUT2D eigenvalue weighted by Gasteiger charge is -2.12. The number of ketones is 1. The second-order valence-corrected chi connectivity index (χ2v) is 11.4. The van der Waals surface area contributed by atoms with Gasteiger partial charge in [-0.05, 0) is 44.1 Å². The second-order valence-electron chi connectivity index (χ2n) is 11.4. The first kappa shape index (κ1) is 38.0. The molecule has 0 aliphatic rings. The van der Waals surface area contributed by atoms with Crippen LogP contribution in [0.3, 0.4) is 0 Å². The summed E-state index contributed by atoms with van der Waals surface area (Å²) < 4.78 is 10.2. The standard InChI is InChI=1S/C34H60O6/c1-4-5-6-7-9-14-19-24-31(35)25-20-15-12-17-22-27-34(38)40-29-32(36)28-39-33(37)26-21-16-11-8-10-13-18-23-30(2)3/h9,14,19,24,30,32,36H,4-8,10-13,15-18,20-23,25-29H2,1-3H3/b14-9-,24-19+/t32-/m0/s1. The Morgan fingerprint density at radius 3 is 1.68 bits per heavy atom. The van der Waals surface area contributed by atoms with Crippen LogP contribution in [0.1, 0.15) is 149 Å². The molecule has 0 saturated heterocycles. The largest absolute Gasteiger partial charge is 0.463 e. The number of carbonyl (C=O) groups excluding carboxylic acids is 3. The number of carbonyl (C=O) groups is 3. The molecular formula is C34H60O6. The van der Waals surface area contributed by atoms with Gasteiger partial charge in [0.2, 0.25) is 0 Å². The summed E-state index contributed by atoms with van der Waals surface area (Å²) in [5.41, 5.74) is 0. The Kier molecular flexibility index (Phi) is 27.2. The zero-order chi connectivity index (χ0) is 29.7. The minimum atomic E-state index is -0.998. The van der Waals surface area contributed by atoms with E-state index in [4.69, 9.17) is 9.47 Å². The molecule has 40 heavy (non-hydrogen) atoms. The summed E-state index contributed by atoms with van der Waals surface area (Å²) in [5, 5.41) is 9.93. The molecule has 6 heteroatoms. The van der Waals surface area contributed by atoms with Gasteiger partial charge in [-0.25, -0.2) is 0 Å². The number of ether oxygens (including phenoxy) is 2. The Hall–Kier alpha value is -1.95. The molecule has 0 bridgehead atoms. The van der Waals surface area contributed by atoms with Gasteiger partial charge in [-0.1, -0.05) is 116 Å². The van der Waals surface area contributed by atoms with Crippen molar-refractivity contribution in [3.63, 3.8) is 0 Å². The van der Waals surface area contributed by atoms with Crippen LogP contribution in [0.15, 0.2) is 24.3 Å². The van der Waals surface area contributed by atoms with Gasteiger partial charge in [-0.15, -0.1) is 0 Å². The van der Waals surface area contributed by atoms with Crippen molar-refractivity contribution in [1.29, 1.82) is 0 Å². The Bertz CT molecular complexity index is 682. The van der Waals surface area contributed by atoms with Gasteiger partial charge in [0.25, 0.3) is 0 Å². The summed E-state index contributed by atoms with van der Waals surface area (Å²) in [6.07, 6.45) is 26.3. The molecule has 0 unspecified atom stereocenters. The predicted molar refractivity (Wildman–Crippen MR) is 164 cm³/mol. The number of aliphatic hydroxyl groups is 1. The normalized spacial score (nSPS) is 12.4. The number of hydrogen-bond donors (Lipinski definition) is 1. The van der Waals surface area contributed by atoms with E-state index in [0.717, 1.165) is 63.7 Å². The van der Waals surface area contributed by atoms with Crippen molar-refractivity contribution >= 4 is 17.7 Å². The Morgan fingerprint density at radius 1 is 0.650 bits per heavy atom. The van der Waals surface area contributed by atoms with Crippen LogP contribution >= 0.6 is 0 Å². The number of aliphatic hydroxyl groups excluding tert-OH is 1. The van der Waals surface area contributed by atoms with Gasteiger partial charge in [-0.2, -0.15) is 0 Å². The van der Waals surface area contributed by atoms with E-state index in [9.17, 15) is 19.5 Å². The maximum atomic E-state index is 11.9. The van der Waals surface area contributed by atoms with Crippen molar-refractivity contribution in [2.75, 3.05) is 13.2 Å². The van der Waals surface area contributed by atoms with Crippen LogP contribution in [0.4, 0.5) is 0 Å². The van der Waals surface area contributed by atoms with Crippen molar-refractivity contribution < 1.29 is 29.0 Å².